The minimum absolute atomic E-state index is 0.0278. The zero-order chi connectivity index (χ0) is 5.11. The second-order valence-corrected chi connectivity index (χ2v) is 0.966. The minimum atomic E-state index is -0.681. The van der Waals surface area contributed by atoms with Crippen molar-refractivity contribution in [3.05, 3.63) is 12.3 Å². The van der Waals surface area contributed by atoms with E-state index < -0.39 is 6.67 Å². The van der Waals surface area contributed by atoms with Gasteiger partial charge >= 0.3 is 0 Å². The fourth-order valence-electron chi connectivity index (χ4n) is 0.254. The molecule has 0 unspecified atom stereocenters. The van der Waals surface area contributed by atoms with E-state index in [-0.39, 0.29) is 5.89 Å². The van der Waals surface area contributed by atoms with Gasteiger partial charge in [0.05, 0.1) is 0 Å². The Balaban J connectivity index is 2.76. The van der Waals surface area contributed by atoms with Crippen LogP contribution in [0, 0.1) is 0 Å². The molecule has 1 rings (SSSR count). The van der Waals surface area contributed by atoms with Crippen molar-refractivity contribution < 1.29 is 8.81 Å². The number of nitrogens with zero attached hydrogens (tertiary/aromatic N) is 2. The fraction of sp³-hybridized carbons (Fsp3) is 0.333. The topological polar surface area (TPSA) is 38.9 Å². The van der Waals surface area contributed by atoms with Crippen LogP contribution in [0.2, 0.25) is 0 Å². The molecule has 0 fully saturated rings. The van der Waals surface area contributed by atoms with E-state index in [1.165, 1.54) is 0 Å². The predicted octanol–water partition coefficient (Wildman–Crippen LogP) is 0.539. The highest BCUT2D eigenvalue weighted by molar-refractivity contribution is 4.65. The second kappa shape index (κ2) is 1.68. The molecule has 0 spiro atoms. The monoisotopic (exact) mass is 102 g/mol. The van der Waals surface area contributed by atoms with E-state index in [1.54, 1.807) is 0 Å². The van der Waals surface area contributed by atoms with E-state index in [0.717, 1.165) is 6.39 Å². The smallest absolute Gasteiger partial charge is 0.247 e. The molecule has 0 radical (unpaired) electrons. The van der Waals surface area contributed by atoms with Gasteiger partial charge in [-0.1, -0.05) is 0 Å². The summed E-state index contributed by atoms with van der Waals surface area (Å²) in [5.41, 5.74) is 0. The maximum Gasteiger partial charge on any atom is 0.247 e. The molecule has 1 aromatic heterocycles. The summed E-state index contributed by atoms with van der Waals surface area (Å²) in [5, 5.41) is 6.48. The molecule has 3 nitrogen and oxygen atoms in total. The van der Waals surface area contributed by atoms with E-state index >= 15 is 0 Å². The average Bonchev–Trinajstić information content (AvgIpc) is 2.14. The number of hydrogen-bond donors (Lipinski definition) is 0. The van der Waals surface area contributed by atoms with Gasteiger partial charge in [0, 0.05) is 0 Å². The maximum absolute atomic E-state index is 11.4. The van der Waals surface area contributed by atoms with Crippen LogP contribution in [0.25, 0.3) is 0 Å². The van der Waals surface area contributed by atoms with E-state index in [1.807, 2.05) is 0 Å². The van der Waals surface area contributed by atoms with Gasteiger partial charge in [0.1, 0.15) is 0 Å². The molecule has 0 aromatic carbocycles. The van der Waals surface area contributed by atoms with Crippen LogP contribution in [0.4, 0.5) is 4.39 Å². The first-order valence-corrected chi connectivity index (χ1v) is 1.74. The Morgan fingerprint density at radius 2 is 2.71 bits per heavy atom. The Hall–Kier alpha value is -0.930. The van der Waals surface area contributed by atoms with Gasteiger partial charge in [-0.05, 0) is 0 Å². The first-order chi connectivity index (χ1) is 3.43. The van der Waals surface area contributed by atoms with Crippen LogP contribution in [0.15, 0.2) is 10.8 Å². The molecule has 7 heavy (non-hydrogen) atoms. The molecular formula is C3H3FN2O. The summed E-state index contributed by atoms with van der Waals surface area (Å²) in [5.74, 6) is 0.0278. The Morgan fingerprint density at radius 1 is 1.86 bits per heavy atom. The quantitative estimate of drug-likeness (QED) is 0.519. The normalized spacial score (nSPS) is 9.29. The van der Waals surface area contributed by atoms with E-state index in [2.05, 4.69) is 14.6 Å². The van der Waals surface area contributed by atoms with Crippen LogP contribution >= 0.6 is 0 Å². The molecule has 0 saturated heterocycles. The highest BCUT2D eigenvalue weighted by Crippen LogP contribution is 1.90. The molecule has 0 atom stereocenters. The van der Waals surface area contributed by atoms with Crippen molar-refractivity contribution in [3.8, 4) is 0 Å². The van der Waals surface area contributed by atoms with Gasteiger partial charge in [-0.3, -0.25) is 0 Å². The second-order valence-electron chi connectivity index (χ2n) is 0.966. The largest absolute Gasteiger partial charge is 0.425 e. The van der Waals surface area contributed by atoms with Gasteiger partial charge in [0.25, 0.3) is 0 Å². The van der Waals surface area contributed by atoms with Gasteiger partial charge in [0.2, 0.25) is 12.3 Å². The van der Waals surface area contributed by atoms with Crippen LogP contribution in [0.5, 0.6) is 0 Å². The van der Waals surface area contributed by atoms with E-state index in [9.17, 15) is 4.39 Å². The average molecular weight is 102 g/mol. The molecule has 1 heterocycles. The number of alkyl halides is 1. The van der Waals surface area contributed by atoms with Crippen molar-refractivity contribution >= 4 is 0 Å². The lowest BCUT2D eigenvalue weighted by Crippen LogP contribution is -1.74. The lowest BCUT2D eigenvalue weighted by molar-refractivity contribution is 0.380. The summed E-state index contributed by atoms with van der Waals surface area (Å²) in [6.07, 6.45) is 1.09. The highest BCUT2D eigenvalue weighted by Gasteiger charge is 1.91. The standard InChI is InChI=1S/C3H3FN2O/c4-1-3-6-5-2-7-3/h2H,1H2. The first-order valence-electron chi connectivity index (χ1n) is 1.74. The minimum Gasteiger partial charge on any atom is -0.425 e. The number of aromatic nitrogens is 2. The molecule has 1 aromatic rings. The molecule has 0 aliphatic carbocycles. The van der Waals surface area contributed by atoms with Crippen molar-refractivity contribution in [2.24, 2.45) is 0 Å². The Kier molecular flexibility index (Phi) is 1.02. The summed E-state index contributed by atoms with van der Waals surface area (Å²) >= 11 is 0. The SMILES string of the molecule is FCc1nnco1. The number of rotatable bonds is 1. The molecule has 0 aliphatic rings. The third kappa shape index (κ3) is 0.734. The summed E-state index contributed by atoms with van der Waals surface area (Å²) in [6, 6.07) is 0. The van der Waals surface area contributed by atoms with Crippen molar-refractivity contribution in [1.29, 1.82) is 0 Å². The number of halogens is 1. The Morgan fingerprint density at radius 3 is 3.00 bits per heavy atom. The lowest BCUT2D eigenvalue weighted by Gasteiger charge is -1.72. The maximum atomic E-state index is 11.4. The van der Waals surface area contributed by atoms with Gasteiger partial charge in [-0.15, -0.1) is 10.2 Å². The third-order valence-electron chi connectivity index (χ3n) is 0.519. The van der Waals surface area contributed by atoms with Gasteiger partial charge in [0.15, 0.2) is 6.67 Å². The summed E-state index contributed by atoms with van der Waals surface area (Å²) in [6.45, 7) is -0.681. The van der Waals surface area contributed by atoms with Gasteiger partial charge in [-0.25, -0.2) is 4.39 Å². The highest BCUT2D eigenvalue weighted by atomic mass is 19.1. The van der Waals surface area contributed by atoms with E-state index in [0.29, 0.717) is 0 Å². The van der Waals surface area contributed by atoms with Gasteiger partial charge in [-0.2, -0.15) is 0 Å². The van der Waals surface area contributed by atoms with Crippen LogP contribution in [0.3, 0.4) is 0 Å². The van der Waals surface area contributed by atoms with Crippen LogP contribution < -0.4 is 0 Å². The molecule has 0 N–H and O–H groups in total. The van der Waals surface area contributed by atoms with Gasteiger partial charge < -0.3 is 4.42 Å². The molecule has 0 amide bonds. The Labute approximate surface area is 39.2 Å². The molecule has 0 aliphatic heterocycles. The van der Waals surface area contributed by atoms with E-state index in [4.69, 9.17) is 0 Å². The zero-order valence-electron chi connectivity index (χ0n) is 3.47. The predicted molar refractivity (Wildman–Crippen MR) is 19.1 cm³/mol. The molecular weight excluding hydrogens is 99.0 g/mol. The first kappa shape index (κ1) is 4.23. The summed E-state index contributed by atoms with van der Waals surface area (Å²) in [4.78, 5) is 0. The van der Waals surface area contributed by atoms with Crippen molar-refractivity contribution in [2.75, 3.05) is 0 Å². The molecule has 0 saturated carbocycles. The van der Waals surface area contributed by atoms with Crippen LogP contribution in [-0.2, 0) is 6.67 Å². The summed E-state index contributed by atoms with van der Waals surface area (Å²) in [7, 11) is 0. The van der Waals surface area contributed by atoms with Crippen LogP contribution in [-0.4, -0.2) is 10.2 Å². The molecule has 4 heteroatoms. The third-order valence-corrected chi connectivity index (χ3v) is 0.519. The fourth-order valence-corrected chi connectivity index (χ4v) is 0.254. The van der Waals surface area contributed by atoms with Crippen molar-refractivity contribution in [2.45, 2.75) is 6.67 Å². The molecule has 0 bridgehead atoms. The number of hydrogen-bond acceptors (Lipinski definition) is 3. The van der Waals surface area contributed by atoms with Crippen molar-refractivity contribution in [1.82, 2.24) is 10.2 Å². The van der Waals surface area contributed by atoms with Crippen molar-refractivity contribution in [3.63, 3.8) is 0 Å². The lowest BCUT2D eigenvalue weighted by atomic mass is 10.8. The van der Waals surface area contributed by atoms with Crippen LogP contribution in [0.1, 0.15) is 5.89 Å². The zero-order valence-corrected chi connectivity index (χ0v) is 3.47. The molecule has 38 valence electrons. The summed E-state index contributed by atoms with van der Waals surface area (Å²) < 4.78 is 15.7. The Bertz CT molecular complexity index is 127.